The number of thiazole rings is 1. The van der Waals surface area contributed by atoms with Crippen molar-refractivity contribution in [2.75, 3.05) is 6.61 Å². The number of aliphatic hydroxyl groups excluding tert-OH is 1. The summed E-state index contributed by atoms with van der Waals surface area (Å²) in [7, 11) is 0. The van der Waals surface area contributed by atoms with Crippen molar-refractivity contribution in [3.8, 4) is 11.3 Å². The van der Waals surface area contributed by atoms with Gasteiger partial charge in [-0.05, 0) is 24.3 Å². The average molecular weight is 262 g/mol. The highest BCUT2D eigenvalue weighted by Gasteiger charge is 2.09. The van der Waals surface area contributed by atoms with Crippen LogP contribution in [0.4, 0.5) is 4.39 Å². The minimum absolute atomic E-state index is 0.121. The average Bonchev–Trinajstić information content (AvgIpc) is 2.93. The van der Waals surface area contributed by atoms with Gasteiger partial charge in [-0.1, -0.05) is 0 Å². The number of hydrogen-bond acceptors (Lipinski definition) is 3. The lowest BCUT2D eigenvalue weighted by Crippen LogP contribution is -1.93. The molecule has 92 valence electrons. The van der Waals surface area contributed by atoms with Crippen LogP contribution in [-0.4, -0.2) is 21.1 Å². The van der Waals surface area contributed by atoms with Gasteiger partial charge in [-0.15, -0.1) is 11.3 Å². The molecule has 0 fully saturated rings. The summed E-state index contributed by atoms with van der Waals surface area (Å²) in [5.74, 6) is -0.249. The maximum absolute atomic E-state index is 12.9. The van der Waals surface area contributed by atoms with Gasteiger partial charge in [-0.3, -0.25) is 4.40 Å². The van der Waals surface area contributed by atoms with Crippen LogP contribution >= 0.6 is 11.3 Å². The molecule has 3 aromatic rings. The van der Waals surface area contributed by atoms with E-state index in [1.165, 1.54) is 23.5 Å². The summed E-state index contributed by atoms with van der Waals surface area (Å²) in [6.07, 6.45) is 2.53. The second kappa shape index (κ2) is 4.51. The lowest BCUT2D eigenvalue weighted by Gasteiger charge is -1.96. The van der Waals surface area contributed by atoms with Crippen molar-refractivity contribution in [1.82, 2.24) is 9.38 Å². The van der Waals surface area contributed by atoms with E-state index in [1.807, 2.05) is 16.0 Å². The number of fused-ring (bicyclic) bond motifs is 1. The summed E-state index contributed by atoms with van der Waals surface area (Å²) < 4.78 is 14.8. The van der Waals surface area contributed by atoms with Gasteiger partial charge < -0.3 is 5.11 Å². The normalized spacial score (nSPS) is 11.2. The fourth-order valence-electron chi connectivity index (χ4n) is 1.88. The lowest BCUT2D eigenvalue weighted by molar-refractivity contribution is 0.298. The zero-order valence-electron chi connectivity index (χ0n) is 9.51. The minimum atomic E-state index is -0.249. The van der Waals surface area contributed by atoms with Crippen LogP contribution in [0.1, 0.15) is 5.69 Å². The van der Waals surface area contributed by atoms with Gasteiger partial charge in [0.05, 0.1) is 5.69 Å². The van der Waals surface area contributed by atoms with E-state index >= 15 is 0 Å². The Hall–Kier alpha value is -1.72. The van der Waals surface area contributed by atoms with Crippen LogP contribution in [0.25, 0.3) is 16.2 Å². The zero-order valence-corrected chi connectivity index (χ0v) is 10.3. The van der Waals surface area contributed by atoms with Crippen LogP contribution in [0.2, 0.25) is 0 Å². The van der Waals surface area contributed by atoms with E-state index in [4.69, 9.17) is 5.11 Å². The van der Waals surface area contributed by atoms with E-state index in [0.717, 1.165) is 21.9 Å². The van der Waals surface area contributed by atoms with E-state index in [-0.39, 0.29) is 12.4 Å². The van der Waals surface area contributed by atoms with Crippen LogP contribution in [0, 0.1) is 5.82 Å². The first-order valence-corrected chi connectivity index (χ1v) is 6.48. The number of hydrogen-bond donors (Lipinski definition) is 1. The van der Waals surface area contributed by atoms with Gasteiger partial charge in [0.2, 0.25) is 0 Å². The Bertz CT molecular complexity index is 672. The molecule has 0 aliphatic rings. The number of nitrogens with zero attached hydrogens (tertiary/aromatic N) is 2. The Morgan fingerprint density at radius 1 is 1.28 bits per heavy atom. The van der Waals surface area contributed by atoms with Crippen molar-refractivity contribution in [3.05, 3.63) is 47.4 Å². The Morgan fingerprint density at radius 3 is 2.78 bits per heavy atom. The molecule has 0 unspecified atom stereocenters. The molecule has 0 saturated heterocycles. The van der Waals surface area contributed by atoms with Crippen LogP contribution in [0.15, 0.2) is 35.8 Å². The third-order valence-electron chi connectivity index (χ3n) is 2.79. The first kappa shape index (κ1) is 11.4. The monoisotopic (exact) mass is 262 g/mol. The molecule has 18 heavy (non-hydrogen) atoms. The number of imidazole rings is 1. The van der Waals surface area contributed by atoms with Crippen molar-refractivity contribution in [3.63, 3.8) is 0 Å². The molecule has 2 heterocycles. The number of aliphatic hydroxyl groups is 1. The highest BCUT2D eigenvalue weighted by Crippen LogP contribution is 2.23. The minimum Gasteiger partial charge on any atom is -0.396 e. The molecule has 1 aromatic carbocycles. The molecule has 0 aliphatic carbocycles. The number of rotatable bonds is 3. The van der Waals surface area contributed by atoms with E-state index in [0.29, 0.717) is 6.42 Å². The van der Waals surface area contributed by atoms with Gasteiger partial charge in [0.1, 0.15) is 5.82 Å². The molecule has 0 spiro atoms. The molecule has 2 aromatic heterocycles. The Morgan fingerprint density at radius 2 is 2.06 bits per heavy atom. The maximum atomic E-state index is 12.9. The molecule has 0 atom stereocenters. The van der Waals surface area contributed by atoms with Crippen LogP contribution < -0.4 is 0 Å². The summed E-state index contributed by atoms with van der Waals surface area (Å²) in [5.41, 5.74) is 2.75. The molecule has 0 amide bonds. The second-order valence-electron chi connectivity index (χ2n) is 3.99. The Labute approximate surface area is 107 Å². The number of halogens is 1. The smallest absolute Gasteiger partial charge is 0.194 e. The first-order chi connectivity index (χ1) is 8.78. The van der Waals surface area contributed by atoms with E-state index < -0.39 is 0 Å². The van der Waals surface area contributed by atoms with Crippen molar-refractivity contribution < 1.29 is 9.50 Å². The molecular weight excluding hydrogens is 251 g/mol. The quantitative estimate of drug-likeness (QED) is 0.788. The molecule has 5 heteroatoms. The summed E-state index contributed by atoms with van der Waals surface area (Å²) in [6, 6.07) is 6.29. The summed E-state index contributed by atoms with van der Waals surface area (Å²) >= 11 is 1.54. The van der Waals surface area contributed by atoms with Crippen molar-refractivity contribution in [2.45, 2.75) is 6.42 Å². The largest absolute Gasteiger partial charge is 0.396 e. The van der Waals surface area contributed by atoms with Gasteiger partial charge in [0.25, 0.3) is 0 Å². The summed E-state index contributed by atoms with van der Waals surface area (Å²) in [4.78, 5) is 5.38. The molecule has 3 rings (SSSR count). The van der Waals surface area contributed by atoms with Gasteiger partial charge in [0.15, 0.2) is 4.96 Å². The van der Waals surface area contributed by atoms with Gasteiger partial charge >= 0.3 is 0 Å². The SMILES string of the molecule is OCCc1csc2nc(-c3ccc(F)cc3)cn12. The predicted octanol–water partition coefficient (Wildman–Crippen LogP) is 2.74. The third-order valence-corrected chi connectivity index (χ3v) is 3.68. The van der Waals surface area contributed by atoms with Crippen LogP contribution in [-0.2, 0) is 6.42 Å². The second-order valence-corrected chi connectivity index (χ2v) is 4.82. The molecule has 0 bridgehead atoms. The van der Waals surface area contributed by atoms with E-state index in [1.54, 1.807) is 12.1 Å². The molecular formula is C13H11FN2OS. The van der Waals surface area contributed by atoms with E-state index in [9.17, 15) is 4.39 Å². The Balaban J connectivity index is 2.05. The predicted molar refractivity (Wildman–Crippen MR) is 69.3 cm³/mol. The fourth-order valence-corrected chi connectivity index (χ4v) is 2.79. The molecule has 3 nitrogen and oxygen atoms in total. The zero-order chi connectivity index (χ0) is 12.5. The standard InChI is InChI=1S/C13H11FN2OS/c14-10-3-1-9(2-4-10)12-7-16-11(5-6-17)8-18-13(16)15-12/h1-4,7-8,17H,5-6H2. The molecule has 0 radical (unpaired) electrons. The van der Waals surface area contributed by atoms with Crippen LogP contribution in [0.5, 0.6) is 0 Å². The van der Waals surface area contributed by atoms with Gasteiger partial charge in [-0.25, -0.2) is 9.37 Å². The van der Waals surface area contributed by atoms with E-state index in [2.05, 4.69) is 4.98 Å². The van der Waals surface area contributed by atoms with Gasteiger partial charge in [-0.2, -0.15) is 0 Å². The van der Waals surface area contributed by atoms with Crippen LogP contribution in [0.3, 0.4) is 0 Å². The van der Waals surface area contributed by atoms with Crippen molar-refractivity contribution >= 4 is 16.3 Å². The lowest BCUT2D eigenvalue weighted by atomic mass is 10.2. The summed E-state index contributed by atoms with van der Waals surface area (Å²) in [5, 5.41) is 11.0. The molecule has 1 N–H and O–H groups in total. The highest BCUT2D eigenvalue weighted by molar-refractivity contribution is 7.15. The number of aromatic nitrogens is 2. The fraction of sp³-hybridized carbons (Fsp3) is 0.154. The third kappa shape index (κ3) is 1.91. The topological polar surface area (TPSA) is 37.5 Å². The summed E-state index contributed by atoms with van der Waals surface area (Å²) in [6.45, 7) is 0.121. The van der Waals surface area contributed by atoms with Crippen molar-refractivity contribution in [1.29, 1.82) is 0 Å². The first-order valence-electron chi connectivity index (χ1n) is 5.60. The number of benzene rings is 1. The molecule has 0 aliphatic heterocycles. The maximum Gasteiger partial charge on any atom is 0.194 e. The Kier molecular flexibility index (Phi) is 2.85. The van der Waals surface area contributed by atoms with Crippen molar-refractivity contribution in [2.24, 2.45) is 0 Å². The van der Waals surface area contributed by atoms with Gasteiger partial charge in [0, 0.05) is 35.9 Å². The molecule has 0 saturated carbocycles. The highest BCUT2D eigenvalue weighted by atomic mass is 32.1.